The summed E-state index contributed by atoms with van der Waals surface area (Å²) in [7, 11) is 0. The molecule has 0 radical (unpaired) electrons. The molecule has 0 aliphatic rings. The third-order valence-corrected chi connectivity index (χ3v) is 5.37. The fraction of sp³-hybridized carbons (Fsp3) is 0.217. The van der Waals surface area contributed by atoms with Crippen molar-refractivity contribution in [3.8, 4) is 11.5 Å². The number of carbonyl (C=O) groups is 2. The molecule has 1 aromatic carbocycles. The van der Waals surface area contributed by atoms with E-state index in [-0.39, 0.29) is 30.8 Å². The van der Waals surface area contributed by atoms with Gasteiger partial charge in [-0.1, -0.05) is 15.9 Å². The number of hydrogen-bond acceptors (Lipinski definition) is 5. The molecule has 0 fully saturated rings. The summed E-state index contributed by atoms with van der Waals surface area (Å²) in [4.78, 5) is 29.9. The lowest BCUT2D eigenvalue weighted by Gasteiger charge is -2.10. The van der Waals surface area contributed by atoms with Gasteiger partial charge in [0.15, 0.2) is 11.4 Å². The number of furan rings is 1. The lowest BCUT2D eigenvalue weighted by atomic mass is 10.1. The number of carbonyl (C=O) groups excluding carboxylic acids is 2. The summed E-state index contributed by atoms with van der Waals surface area (Å²) in [6.45, 7) is 4.19. The number of nitrogens with one attached hydrogen (secondary N) is 2. The van der Waals surface area contributed by atoms with E-state index in [1.165, 1.54) is 0 Å². The van der Waals surface area contributed by atoms with Crippen LogP contribution in [-0.2, 0) is 4.79 Å². The Kier molecular flexibility index (Phi) is 6.36. The van der Waals surface area contributed by atoms with E-state index in [9.17, 15) is 9.59 Å². The molecule has 2 amide bonds. The summed E-state index contributed by atoms with van der Waals surface area (Å²) in [6, 6.07) is 12.6. The summed E-state index contributed by atoms with van der Waals surface area (Å²) in [5.74, 6) is 0.0766. The van der Waals surface area contributed by atoms with Gasteiger partial charge in [0.1, 0.15) is 5.69 Å². The van der Waals surface area contributed by atoms with Gasteiger partial charge in [-0.15, -0.1) is 0 Å². The third-order valence-electron chi connectivity index (χ3n) is 4.84. The molecular formula is C23H22BrN5O3. The maximum Gasteiger partial charge on any atom is 0.252 e. The zero-order valence-corrected chi connectivity index (χ0v) is 19.2. The van der Waals surface area contributed by atoms with Gasteiger partial charge in [0.25, 0.3) is 5.91 Å². The third kappa shape index (κ3) is 4.72. The highest BCUT2D eigenvalue weighted by molar-refractivity contribution is 9.10. The molecule has 0 atom stereocenters. The fourth-order valence-corrected chi connectivity index (χ4v) is 3.54. The van der Waals surface area contributed by atoms with E-state index in [1.807, 2.05) is 26.0 Å². The predicted octanol–water partition coefficient (Wildman–Crippen LogP) is 4.79. The Morgan fingerprint density at radius 3 is 2.66 bits per heavy atom. The van der Waals surface area contributed by atoms with Gasteiger partial charge in [-0.25, -0.2) is 9.67 Å². The van der Waals surface area contributed by atoms with Crippen molar-refractivity contribution in [3.05, 3.63) is 65.0 Å². The lowest BCUT2D eigenvalue weighted by Crippen LogP contribution is -2.28. The van der Waals surface area contributed by atoms with Crippen molar-refractivity contribution in [2.24, 2.45) is 0 Å². The van der Waals surface area contributed by atoms with E-state index < -0.39 is 0 Å². The Balaban J connectivity index is 1.50. The second-order valence-corrected chi connectivity index (χ2v) is 8.43. The molecule has 0 saturated carbocycles. The average Bonchev–Trinajstić information content (AvgIpc) is 3.44. The van der Waals surface area contributed by atoms with Gasteiger partial charge in [0, 0.05) is 29.2 Å². The molecule has 4 rings (SSSR count). The second kappa shape index (κ2) is 9.35. The van der Waals surface area contributed by atoms with Crippen molar-refractivity contribution >= 4 is 44.5 Å². The van der Waals surface area contributed by atoms with E-state index in [0.29, 0.717) is 33.7 Å². The van der Waals surface area contributed by atoms with Crippen molar-refractivity contribution < 1.29 is 14.0 Å². The molecule has 164 valence electrons. The number of benzene rings is 1. The van der Waals surface area contributed by atoms with Crippen LogP contribution in [0.2, 0.25) is 0 Å². The van der Waals surface area contributed by atoms with E-state index in [4.69, 9.17) is 4.42 Å². The van der Waals surface area contributed by atoms with Crippen LogP contribution < -0.4 is 10.6 Å². The first-order chi connectivity index (χ1) is 15.4. The van der Waals surface area contributed by atoms with E-state index >= 15 is 0 Å². The number of rotatable bonds is 7. The van der Waals surface area contributed by atoms with Gasteiger partial charge in [0.05, 0.1) is 23.4 Å². The Morgan fingerprint density at radius 2 is 1.97 bits per heavy atom. The van der Waals surface area contributed by atoms with Crippen LogP contribution in [0, 0.1) is 0 Å². The van der Waals surface area contributed by atoms with E-state index in [1.54, 1.807) is 47.5 Å². The quantitative estimate of drug-likeness (QED) is 0.383. The molecule has 32 heavy (non-hydrogen) atoms. The molecule has 0 aliphatic heterocycles. The first-order valence-corrected chi connectivity index (χ1v) is 11.0. The first kappa shape index (κ1) is 21.8. The van der Waals surface area contributed by atoms with Gasteiger partial charge >= 0.3 is 0 Å². The number of halogens is 1. The second-order valence-electron chi connectivity index (χ2n) is 7.51. The van der Waals surface area contributed by atoms with Crippen LogP contribution in [0.3, 0.4) is 0 Å². The molecule has 0 saturated heterocycles. The number of pyridine rings is 1. The van der Waals surface area contributed by atoms with Crippen molar-refractivity contribution in [1.29, 1.82) is 0 Å². The highest BCUT2D eigenvalue weighted by Gasteiger charge is 2.19. The zero-order valence-electron chi connectivity index (χ0n) is 17.6. The monoisotopic (exact) mass is 495 g/mol. The average molecular weight is 496 g/mol. The minimum atomic E-state index is -0.301. The van der Waals surface area contributed by atoms with Crippen molar-refractivity contribution in [2.45, 2.75) is 26.3 Å². The molecule has 0 bridgehead atoms. The molecule has 0 spiro atoms. The van der Waals surface area contributed by atoms with Gasteiger partial charge in [0.2, 0.25) is 5.91 Å². The maximum absolute atomic E-state index is 13.0. The van der Waals surface area contributed by atoms with Crippen LogP contribution in [0.5, 0.6) is 0 Å². The maximum atomic E-state index is 13.0. The minimum Gasteiger partial charge on any atom is -0.463 e. The summed E-state index contributed by atoms with van der Waals surface area (Å²) in [5.41, 5.74) is 2.28. The van der Waals surface area contributed by atoms with Gasteiger partial charge in [-0.2, -0.15) is 5.10 Å². The molecule has 9 heteroatoms. The molecule has 2 N–H and O–H groups in total. The Morgan fingerprint density at radius 1 is 1.19 bits per heavy atom. The summed E-state index contributed by atoms with van der Waals surface area (Å²) in [6.07, 6.45) is 3.35. The van der Waals surface area contributed by atoms with Gasteiger partial charge in [-0.05, 0) is 56.3 Å². The normalized spacial score (nSPS) is 11.1. The number of anilines is 1. The molecular weight excluding hydrogens is 474 g/mol. The number of amides is 2. The topological polar surface area (TPSA) is 102 Å². The summed E-state index contributed by atoms with van der Waals surface area (Å²) in [5, 5.41) is 10.7. The predicted molar refractivity (Wildman–Crippen MR) is 125 cm³/mol. The summed E-state index contributed by atoms with van der Waals surface area (Å²) < 4.78 is 8.18. The highest BCUT2D eigenvalue weighted by Crippen LogP contribution is 2.26. The number of hydrogen-bond donors (Lipinski definition) is 2. The van der Waals surface area contributed by atoms with Crippen LogP contribution in [0.15, 0.2) is 63.8 Å². The number of aromatic nitrogens is 3. The molecule has 4 aromatic rings. The first-order valence-electron chi connectivity index (χ1n) is 10.2. The van der Waals surface area contributed by atoms with E-state index in [0.717, 1.165) is 4.47 Å². The largest absolute Gasteiger partial charge is 0.463 e. The fourth-order valence-electron chi connectivity index (χ4n) is 3.28. The number of fused-ring (bicyclic) bond motifs is 1. The standard InChI is InChI=1S/C23H22BrN5O3/c1-14(2)29-22-18(13-26-29)17(12-19(28-22)20-4-3-11-32-20)23(31)25-10-9-21(30)27-16-7-5-15(24)6-8-16/h3-8,11-14H,9-10H2,1-2H3,(H,25,31)(H,27,30). The molecule has 3 heterocycles. The van der Waals surface area contributed by atoms with Crippen molar-refractivity contribution in [2.75, 3.05) is 11.9 Å². The lowest BCUT2D eigenvalue weighted by molar-refractivity contribution is -0.116. The molecule has 0 aliphatic carbocycles. The van der Waals surface area contributed by atoms with Gasteiger partial charge < -0.3 is 15.1 Å². The minimum absolute atomic E-state index is 0.0741. The SMILES string of the molecule is CC(C)n1ncc2c(C(=O)NCCC(=O)Nc3ccc(Br)cc3)cc(-c3ccco3)nc21. The van der Waals surface area contributed by atoms with Crippen molar-refractivity contribution in [3.63, 3.8) is 0 Å². The van der Waals surface area contributed by atoms with Gasteiger partial charge in [-0.3, -0.25) is 9.59 Å². The van der Waals surface area contributed by atoms with Crippen molar-refractivity contribution in [1.82, 2.24) is 20.1 Å². The highest BCUT2D eigenvalue weighted by atomic mass is 79.9. The van der Waals surface area contributed by atoms with Crippen LogP contribution in [0.4, 0.5) is 5.69 Å². The Labute approximate surface area is 193 Å². The molecule has 8 nitrogen and oxygen atoms in total. The zero-order chi connectivity index (χ0) is 22.7. The smallest absolute Gasteiger partial charge is 0.252 e. The number of nitrogens with zero attached hydrogens (tertiary/aromatic N) is 3. The van der Waals surface area contributed by atoms with Crippen LogP contribution in [0.25, 0.3) is 22.5 Å². The molecule has 0 unspecified atom stereocenters. The van der Waals surface area contributed by atoms with E-state index in [2.05, 4.69) is 36.6 Å². The van der Waals surface area contributed by atoms with Crippen LogP contribution in [-0.4, -0.2) is 33.1 Å². The Hall–Kier alpha value is -3.46. The van der Waals surface area contributed by atoms with Crippen LogP contribution in [0.1, 0.15) is 36.7 Å². The molecule has 3 aromatic heterocycles. The summed E-state index contributed by atoms with van der Waals surface area (Å²) >= 11 is 3.36. The van der Waals surface area contributed by atoms with Crippen LogP contribution >= 0.6 is 15.9 Å². The Bertz CT molecular complexity index is 1250.